The van der Waals surface area contributed by atoms with E-state index in [1.54, 1.807) is 16.4 Å². The molecule has 0 spiro atoms. The molecule has 0 N–H and O–H groups in total. The van der Waals surface area contributed by atoms with Crippen molar-refractivity contribution in [3.05, 3.63) is 59.7 Å². The summed E-state index contributed by atoms with van der Waals surface area (Å²) in [5.41, 5.74) is 3.58. The van der Waals surface area contributed by atoms with Crippen LogP contribution in [0.25, 0.3) is 0 Å². The van der Waals surface area contributed by atoms with Gasteiger partial charge in [-0.25, -0.2) is 8.42 Å². The molecule has 0 saturated carbocycles. The SMILES string of the molecule is Cc1ccccc1N1CCN(S(=O)(=O)c2ccc(C(C)C)cc2)CC1. The summed E-state index contributed by atoms with van der Waals surface area (Å²) in [5.74, 6) is 0.398. The van der Waals surface area contributed by atoms with Crippen molar-refractivity contribution in [1.29, 1.82) is 0 Å². The van der Waals surface area contributed by atoms with Crippen LogP contribution in [0.4, 0.5) is 5.69 Å². The van der Waals surface area contributed by atoms with Gasteiger partial charge < -0.3 is 4.90 Å². The predicted molar refractivity (Wildman–Crippen MR) is 103 cm³/mol. The van der Waals surface area contributed by atoms with Gasteiger partial charge in [-0.3, -0.25) is 0 Å². The van der Waals surface area contributed by atoms with E-state index in [1.807, 2.05) is 24.3 Å². The van der Waals surface area contributed by atoms with Crippen LogP contribution < -0.4 is 4.90 Å². The van der Waals surface area contributed by atoms with Crippen LogP contribution in [-0.4, -0.2) is 38.9 Å². The van der Waals surface area contributed by atoms with E-state index in [4.69, 9.17) is 0 Å². The molecule has 2 aromatic carbocycles. The third-order valence-corrected chi connectivity index (χ3v) is 6.79. The Balaban J connectivity index is 1.72. The zero-order valence-corrected chi connectivity index (χ0v) is 16.0. The minimum absolute atomic E-state index is 0.390. The predicted octanol–water partition coefficient (Wildman–Crippen LogP) is 3.63. The minimum Gasteiger partial charge on any atom is -0.369 e. The monoisotopic (exact) mass is 358 g/mol. The molecule has 25 heavy (non-hydrogen) atoms. The zero-order valence-electron chi connectivity index (χ0n) is 15.1. The molecular weight excluding hydrogens is 332 g/mol. The molecule has 1 aliphatic heterocycles. The summed E-state index contributed by atoms with van der Waals surface area (Å²) in [4.78, 5) is 2.66. The molecule has 1 saturated heterocycles. The lowest BCUT2D eigenvalue weighted by molar-refractivity contribution is 0.384. The number of nitrogens with zero attached hydrogens (tertiary/aromatic N) is 2. The number of benzene rings is 2. The highest BCUT2D eigenvalue weighted by molar-refractivity contribution is 7.89. The zero-order chi connectivity index (χ0) is 18.0. The fourth-order valence-corrected chi connectivity index (χ4v) is 4.68. The average Bonchev–Trinajstić information content (AvgIpc) is 2.62. The largest absolute Gasteiger partial charge is 0.369 e. The van der Waals surface area contributed by atoms with Gasteiger partial charge in [-0.05, 0) is 42.2 Å². The van der Waals surface area contributed by atoms with Crippen LogP contribution in [0, 0.1) is 6.92 Å². The Hall–Kier alpha value is -1.85. The Kier molecular flexibility index (Phi) is 5.16. The summed E-state index contributed by atoms with van der Waals surface area (Å²) in [6, 6.07) is 15.6. The fourth-order valence-electron chi connectivity index (χ4n) is 3.26. The second kappa shape index (κ2) is 7.18. The van der Waals surface area contributed by atoms with Gasteiger partial charge in [0.25, 0.3) is 0 Å². The van der Waals surface area contributed by atoms with E-state index in [1.165, 1.54) is 11.3 Å². The number of aryl methyl sites for hydroxylation is 1. The third-order valence-electron chi connectivity index (χ3n) is 4.88. The molecule has 0 aliphatic carbocycles. The number of sulfonamides is 1. The van der Waals surface area contributed by atoms with Crippen molar-refractivity contribution < 1.29 is 8.42 Å². The van der Waals surface area contributed by atoms with E-state index >= 15 is 0 Å². The highest BCUT2D eigenvalue weighted by Gasteiger charge is 2.28. The van der Waals surface area contributed by atoms with Crippen molar-refractivity contribution >= 4 is 15.7 Å². The van der Waals surface area contributed by atoms with Crippen LogP contribution in [0.1, 0.15) is 30.9 Å². The van der Waals surface area contributed by atoms with E-state index in [-0.39, 0.29) is 0 Å². The minimum atomic E-state index is -3.41. The van der Waals surface area contributed by atoms with Crippen LogP contribution in [0.2, 0.25) is 0 Å². The lowest BCUT2D eigenvalue weighted by Gasteiger charge is -2.36. The third kappa shape index (κ3) is 3.72. The summed E-state index contributed by atoms with van der Waals surface area (Å²) in [5, 5.41) is 0. The number of hydrogen-bond donors (Lipinski definition) is 0. The first-order chi connectivity index (χ1) is 11.9. The highest BCUT2D eigenvalue weighted by atomic mass is 32.2. The van der Waals surface area contributed by atoms with E-state index < -0.39 is 10.0 Å². The highest BCUT2D eigenvalue weighted by Crippen LogP contribution is 2.24. The normalized spacial score (nSPS) is 16.4. The van der Waals surface area contributed by atoms with Crippen molar-refractivity contribution in [2.45, 2.75) is 31.6 Å². The maximum absolute atomic E-state index is 12.9. The summed E-state index contributed by atoms with van der Waals surface area (Å²) in [6.07, 6.45) is 0. The van der Waals surface area contributed by atoms with Gasteiger partial charge in [-0.15, -0.1) is 0 Å². The Bertz CT molecular complexity index is 821. The van der Waals surface area contributed by atoms with Gasteiger partial charge in [0.2, 0.25) is 10.0 Å². The number of para-hydroxylation sites is 1. The van der Waals surface area contributed by atoms with Crippen LogP contribution >= 0.6 is 0 Å². The van der Waals surface area contributed by atoms with Gasteiger partial charge in [-0.2, -0.15) is 4.31 Å². The molecule has 0 radical (unpaired) electrons. The van der Waals surface area contributed by atoms with Gasteiger partial charge >= 0.3 is 0 Å². The molecule has 134 valence electrons. The summed E-state index contributed by atoms with van der Waals surface area (Å²) in [7, 11) is -3.41. The van der Waals surface area contributed by atoms with Crippen LogP contribution in [0.5, 0.6) is 0 Å². The van der Waals surface area contributed by atoms with Gasteiger partial charge in [0.05, 0.1) is 4.90 Å². The molecule has 1 fully saturated rings. The number of anilines is 1. The van der Waals surface area contributed by atoms with Crippen LogP contribution in [0.15, 0.2) is 53.4 Å². The second-order valence-electron chi connectivity index (χ2n) is 6.90. The molecule has 3 rings (SSSR count). The fraction of sp³-hybridized carbons (Fsp3) is 0.400. The molecule has 5 heteroatoms. The van der Waals surface area contributed by atoms with E-state index in [0.29, 0.717) is 37.0 Å². The molecule has 2 aromatic rings. The van der Waals surface area contributed by atoms with Gasteiger partial charge in [0.1, 0.15) is 0 Å². The van der Waals surface area contributed by atoms with Gasteiger partial charge in [0, 0.05) is 31.9 Å². The van der Waals surface area contributed by atoms with Crippen LogP contribution in [0.3, 0.4) is 0 Å². The average molecular weight is 359 g/mol. The molecule has 0 unspecified atom stereocenters. The molecule has 1 heterocycles. The van der Waals surface area contributed by atoms with Crippen molar-refractivity contribution in [3.8, 4) is 0 Å². The Morgan fingerprint density at radius 2 is 1.48 bits per heavy atom. The molecular formula is C20H26N2O2S. The lowest BCUT2D eigenvalue weighted by atomic mass is 10.0. The maximum atomic E-state index is 12.9. The summed E-state index contributed by atoms with van der Waals surface area (Å²) < 4.78 is 27.4. The molecule has 0 amide bonds. The Labute approximate surface area is 151 Å². The van der Waals surface area contributed by atoms with E-state index in [9.17, 15) is 8.42 Å². The van der Waals surface area contributed by atoms with Gasteiger partial charge in [-0.1, -0.05) is 44.2 Å². The first-order valence-corrected chi connectivity index (χ1v) is 10.2. The first-order valence-electron chi connectivity index (χ1n) is 8.80. The quantitative estimate of drug-likeness (QED) is 0.838. The van der Waals surface area contributed by atoms with Crippen LogP contribution in [-0.2, 0) is 10.0 Å². The van der Waals surface area contributed by atoms with Crippen molar-refractivity contribution in [2.75, 3.05) is 31.1 Å². The van der Waals surface area contributed by atoms with Crippen molar-refractivity contribution in [2.24, 2.45) is 0 Å². The second-order valence-corrected chi connectivity index (χ2v) is 8.84. The number of hydrogen-bond acceptors (Lipinski definition) is 3. The number of piperazine rings is 1. The Morgan fingerprint density at radius 3 is 2.04 bits per heavy atom. The maximum Gasteiger partial charge on any atom is 0.243 e. The molecule has 1 aliphatic rings. The molecule has 4 nitrogen and oxygen atoms in total. The molecule has 0 aromatic heterocycles. The molecule has 0 bridgehead atoms. The van der Waals surface area contributed by atoms with E-state index in [2.05, 4.69) is 37.8 Å². The van der Waals surface area contributed by atoms with Gasteiger partial charge in [0.15, 0.2) is 0 Å². The van der Waals surface area contributed by atoms with Crippen molar-refractivity contribution in [3.63, 3.8) is 0 Å². The molecule has 0 atom stereocenters. The summed E-state index contributed by atoms with van der Waals surface area (Å²) >= 11 is 0. The standard InChI is InChI=1S/C20H26N2O2S/c1-16(2)18-8-10-19(11-9-18)25(23,24)22-14-12-21(13-15-22)20-7-5-4-6-17(20)3/h4-11,16H,12-15H2,1-3H3. The summed E-state index contributed by atoms with van der Waals surface area (Å²) in [6.45, 7) is 8.77. The van der Waals surface area contributed by atoms with E-state index in [0.717, 1.165) is 5.56 Å². The lowest BCUT2D eigenvalue weighted by Crippen LogP contribution is -2.48. The topological polar surface area (TPSA) is 40.6 Å². The van der Waals surface area contributed by atoms with Crippen molar-refractivity contribution in [1.82, 2.24) is 4.31 Å². The smallest absolute Gasteiger partial charge is 0.243 e. The Morgan fingerprint density at radius 1 is 0.880 bits per heavy atom. The number of rotatable bonds is 4. The first kappa shape index (κ1) is 18.0.